The molecule has 104 valence electrons. The monoisotopic (exact) mass is 260 g/mol. The lowest BCUT2D eigenvalue weighted by molar-refractivity contribution is 0.144. The summed E-state index contributed by atoms with van der Waals surface area (Å²) in [4.78, 5) is 0. The molecule has 0 unspecified atom stereocenters. The van der Waals surface area contributed by atoms with E-state index in [1.54, 1.807) is 0 Å². The molecule has 0 bridgehead atoms. The number of hydrogen-bond donors (Lipinski definition) is 1. The second-order valence-corrected chi connectivity index (χ2v) is 4.88. The molecule has 1 N–H and O–H groups in total. The molecule has 0 saturated carbocycles. The summed E-state index contributed by atoms with van der Waals surface area (Å²) in [5.74, 6) is 0. The van der Waals surface area contributed by atoms with E-state index in [-0.39, 0.29) is 0 Å². The molecule has 0 amide bonds. The number of nitrogens with zero attached hydrogens (tertiary/aromatic N) is 1. The molecule has 0 spiro atoms. The summed E-state index contributed by atoms with van der Waals surface area (Å²) in [6.45, 7) is 7.82. The van der Waals surface area contributed by atoms with E-state index in [1.165, 1.54) is 22.2 Å². The molecule has 1 aromatic heterocycles. The van der Waals surface area contributed by atoms with Crippen LogP contribution < -0.4 is 5.32 Å². The fourth-order valence-electron chi connectivity index (χ4n) is 2.54. The molecular weight excluding hydrogens is 236 g/mol. The maximum absolute atomic E-state index is 5.34. The molecule has 0 saturated heterocycles. The van der Waals surface area contributed by atoms with Crippen LogP contribution in [-0.2, 0) is 18.3 Å². The Morgan fingerprint density at radius 3 is 2.79 bits per heavy atom. The molecule has 0 aliphatic rings. The molecule has 0 fully saturated rings. The van der Waals surface area contributed by atoms with Gasteiger partial charge in [-0.15, -0.1) is 0 Å². The van der Waals surface area contributed by atoms with Gasteiger partial charge in [-0.25, -0.2) is 0 Å². The normalized spacial score (nSPS) is 11.3. The molecule has 0 aliphatic carbocycles. The summed E-state index contributed by atoms with van der Waals surface area (Å²) in [6.07, 6.45) is 1.07. The fourth-order valence-corrected chi connectivity index (χ4v) is 2.54. The van der Waals surface area contributed by atoms with E-state index in [4.69, 9.17) is 4.74 Å². The minimum absolute atomic E-state index is 0.808. The van der Waals surface area contributed by atoms with Crippen LogP contribution in [-0.4, -0.2) is 24.3 Å². The molecule has 1 aromatic carbocycles. The van der Waals surface area contributed by atoms with Crippen molar-refractivity contribution in [1.82, 2.24) is 9.88 Å². The fraction of sp³-hybridized carbons (Fsp3) is 0.500. The van der Waals surface area contributed by atoms with E-state index in [2.05, 4.69) is 48.1 Å². The average molecular weight is 260 g/mol. The topological polar surface area (TPSA) is 26.2 Å². The number of aromatic nitrogens is 1. The third-order valence-electron chi connectivity index (χ3n) is 3.65. The van der Waals surface area contributed by atoms with Crippen LogP contribution in [0, 0.1) is 6.92 Å². The average Bonchev–Trinajstić information content (AvgIpc) is 2.68. The van der Waals surface area contributed by atoms with Gasteiger partial charge in [-0.3, -0.25) is 0 Å². The first-order valence-corrected chi connectivity index (χ1v) is 7.07. The quantitative estimate of drug-likeness (QED) is 0.775. The maximum Gasteiger partial charge on any atom is 0.0483 e. The molecule has 0 atom stereocenters. The second kappa shape index (κ2) is 6.73. The molecule has 1 heterocycles. The van der Waals surface area contributed by atoms with E-state index in [1.807, 2.05) is 6.92 Å². The van der Waals surface area contributed by atoms with Crippen molar-refractivity contribution in [3.8, 4) is 0 Å². The predicted octanol–water partition coefficient (Wildman–Crippen LogP) is 3.00. The minimum Gasteiger partial charge on any atom is -0.382 e. The zero-order chi connectivity index (χ0) is 13.7. The van der Waals surface area contributed by atoms with Crippen molar-refractivity contribution >= 4 is 10.9 Å². The van der Waals surface area contributed by atoms with E-state index in [0.29, 0.717) is 0 Å². The highest BCUT2D eigenvalue weighted by atomic mass is 16.5. The van der Waals surface area contributed by atoms with Gasteiger partial charge in [-0.1, -0.05) is 18.2 Å². The van der Waals surface area contributed by atoms with Gasteiger partial charge < -0.3 is 14.6 Å². The van der Waals surface area contributed by atoms with Crippen LogP contribution in [0.25, 0.3) is 10.9 Å². The zero-order valence-corrected chi connectivity index (χ0v) is 12.2. The molecule has 2 aromatic rings. The van der Waals surface area contributed by atoms with Crippen molar-refractivity contribution in [2.24, 2.45) is 7.05 Å². The van der Waals surface area contributed by atoms with Crippen LogP contribution in [0.5, 0.6) is 0 Å². The number of nitrogens with one attached hydrogen (secondary N) is 1. The Morgan fingerprint density at radius 2 is 2.05 bits per heavy atom. The third kappa shape index (κ3) is 3.17. The number of aryl methyl sites for hydroxylation is 2. The molecule has 3 nitrogen and oxygen atoms in total. The molecule has 19 heavy (non-hydrogen) atoms. The van der Waals surface area contributed by atoms with Gasteiger partial charge in [0.15, 0.2) is 0 Å². The van der Waals surface area contributed by atoms with Gasteiger partial charge in [0.25, 0.3) is 0 Å². The molecule has 0 radical (unpaired) electrons. The van der Waals surface area contributed by atoms with E-state index in [9.17, 15) is 0 Å². The van der Waals surface area contributed by atoms with E-state index < -0.39 is 0 Å². The lowest BCUT2D eigenvalue weighted by atomic mass is 10.1. The van der Waals surface area contributed by atoms with Crippen molar-refractivity contribution in [3.05, 3.63) is 35.5 Å². The number of ether oxygens (including phenoxy) is 1. The summed E-state index contributed by atoms with van der Waals surface area (Å²) in [5, 5.41) is 4.86. The molecule has 3 heteroatoms. The first kappa shape index (κ1) is 14.1. The molecule has 2 rings (SSSR count). The van der Waals surface area contributed by atoms with Gasteiger partial charge in [0.05, 0.1) is 0 Å². The Hall–Kier alpha value is -1.32. The highest BCUT2D eigenvalue weighted by Gasteiger charge is 2.10. The summed E-state index contributed by atoms with van der Waals surface area (Å²) in [7, 11) is 2.15. The number of para-hydroxylation sites is 1. The lowest BCUT2D eigenvalue weighted by Crippen LogP contribution is -2.18. The van der Waals surface area contributed by atoms with Gasteiger partial charge in [0.2, 0.25) is 0 Å². The van der Waals surface area contributed by atoms with E-state index in [0.717, 1.165) is 32.7 Å². The zero-order valence-electron chi connectivity index (χ0n) is 12.2. The maximum atomic E-state index is 5.34. The molecular formula is C16H24N2O. The molecule has 0 aliphatic heterocycles. The van der Waals surface area contributed by atoms with Crippen molar-refractivity contribution in [1.29, 1.82) is 0 Å². The lowest BCUT2D eigenvalue weighted by Gasteiger charge is -2.08. The Bertz CT molecular complexity index is 492. The Kier molecular flexibility index (Phi) is 5.00. The number of rotatable bonds is 7. The van der Waals surface area contributed by atoms with Crippen LogP contribution >= 0.6 is 0 Å². The first-order valence-electron chi connectivity index (χ1n) is 7.07. The van der Waals surface area contributed by atoms with Crippen molar-refractivity contribution in [2.75, 3.05) is 19.8 Å². The van der Waals surface area contributed by atoms with Crippen molar-refractivity contribution in [2.45, 2.75) is 26.8 Å². The van der Waals surface area contributed by atoms with Gasteiger partial charge >= 0.3 is 0 Å². The standard InChI is InChI=1S/C16H24N2O/c1-4-19-11-7-10-17-12-16-13(2)14-8-5-6-9-15(14)18(16)3/h5-6,8-9,17H,4,7,10-12H2,1-3H3. The second-order valence-electron chi connectivity index (χ2n) is 4.88. The van der Waals surface area contributed by atoms with Gasteiger partial charge in [0, 0.05) is 43.4 Å². The van der Waals surface area contributed by atoms with Crippen LogP contribution in [0.1, 0.15) is 24.6 Å². The van der Waals surface area contributed by atoms with Gasteiger partial charge in [-0.05, 0) is 38.4 Å². The Morgan fingerprint density at radius 1 is 1.26 bits per heavy atom. The number of benzene rings is 1. The van der Waals surface area contributed by atoms with Crippen molar-refractivity contribution < 1.29 is 4.74 Å². The number of hydrogen-bond acceptors (Lipinski definition) is 2. The van der Waals surface area contributed by atoms with Crippen LogP contribution in [0.4, 0.5) is 0 Å². The van der Waals surface area contributed by atoms with Crippen LogP contribution in [0.2, 0.25) is 0 Å². The SMILES string of the molecule is CCOCCCNCc1c(C)c2ccccc2n1C. The third-order valence-corrected chi connectivity index (χ3v) is 3.65. The smallest absolute Gasteiger partial charge is 0.0483 e. The highest BCUT2D eigenvalue weighted by molar-refractivity contribution is 5.85. The van der Waals surface area contributed by atoms with Crippen LogP contribution in [0.3, 0.4) is 0 Å². The van der Waals surface area contributed by atoms with Gasteiger partial charge in [-0.2, -0.15) is 0 Å². The van der Waals surface area contributed by atoms with Gasteiger partial charge in [0.1, 0.15) is 0 Å². The number of fused-ring (bicyclic) bond motifs is 1. The predicted molar refractivity (Wildman–Crippen MR) is 80.5 cm³/mol. The minimum atomic E-state index is 0.808. The van der Waals surface area contributed by atoms with Crippen molar-refractivity contribution in [3.63, 3.8) is 0 Å². The highest BCUT2D eigenvalue weighted by Crippen LogP contribution is 2.24. The first-order chi connectivity index (χ1) is 9.25. The largest absolute Gasteiger partial charge is 0.382 e. The summed E-state index contributed by atoms with van der Waals surface area (Å²) in [6, 6.07) is 8.58. The van der Waals surface area contributed by atoms with Crippen LogP contribution in [0.15, 0.2) is 24.3 Å². The van der Waals surface area contributed by atoms with E-state index >= 15 is 0 Å². The summed E-state index contributed by atoms with van der Waals surface area (Å²) in [5.41, 5.74) is 4.07. The Balaban J connectivity index is 1.97. The summed E-state index contributed by atoms with van der Waals surface area (Å²) < 4.78 is 7.63. The summed E-state index contributed by atoms with van der Waals surface area (Å²) >= 11 is 0. The Labute approximate surface area is 115 Å².